The van der Waals surface area contributed by atoms with Crippen molar-refractivity contribution in [1.29, 1.82) is 0 Å². The lowest BCUT2D eigenvalue weighted by atomic mass is 10.3. The number of H-pyrrole nitrogens is 1. The van der Waals surface area contributed by atoms with E-state index in [0.717, 1.165) is 0 Å². The minimum atomic E-state index is -0.300. The molecule has 0 radical (unpaired) electrons. The summed E-state index contributed by atoms with van der Waals surface area (Å²) in [6.07, 6.45) is 4.42. The molecule has 0 aliphatic rings. The van der Waals surface area contributed by atoms with E-state index in [4.69, 9.17) is 0 Å². The molecule has 0 aliphatic carbocycles. The Morgan fingerprint density at radius 1 is 1.38 bits per heavy atom. The summed E-state index contributed by atoms with van der Waals surface area (Å²) in [6.45, 7) is 0. The Morgan fingerprint density at radius 2 is 2.19 bits per heavy atom. The standard InChI is InChI=1S/C8H5Br2N5O/c9-5-3-11-7(6(10)14-5)15-8(16)4-1-12-13-2-4/h1-3H,(H,12,13)(H,11,15,16). The zero-order chi connectivity index (χ0) is 11.5. The van der Waals surface area contributed by atoms with Crippen molar-refractivity contribution in [2.24, 2.45) is 0 Å². The zero-order valence-corrected chi connectivity index (χ0v) is 10.9. The minimum Gasteiger partial charge on any atom is -0.304 e. The third-order valence-electron chi connectivity index (χ3n) is 1.69. The Hall–Kier alpha value is -1.28. The first-order valence-electron chi connectivity index (χ1n) is 4.15. The van der Waals surface area contributed by atoms with Crippen LogP contribution in [0.15, 0.2) is 27.8 Å². The van der Waals surface area contributed by atoms with Crippen molar-refractivity contribution in [3.05, 3.63) is 33.4 Å². The summed E-state index contributed by atoms with van der Waals surface area (Å²) < 4.78 is 1.04. The number of nitrogens with zero attached hydrogens (tertiary/aromatic N) is 3. The number of carbonyl (C=O) groups is 1. The fourth-order valence-corrected chi connectivity index (χ4v) is 1.90. The molecule has 0 aliphatic heterocycles. The first kappa shape index (κ1) is 11.2. The van der Waals surface area contributed by atoms with Crippen molar-refractivity contribution in [2.45, 2.75) is 0 Å². The van der Waals surface area contributed by atoms with Gasteiger partial charge in [-0.1, -0.05) is 0 Å². The maximum atomic E-state index is 11.6. The van der Waals surface area contributed by atoms with Gasteiger partial charge in [-0.2, -0.15) is 5.10 Å². The molecule has 2 aromatic rings. The molecule has 0 spiro atoms. The van der Waals surface area contributed by atoms with Gasteiger partial charge >= 0.3 is 0 Å². The van der Waals surface area contributed by atoms with E-state index < -0.39 is 0 Å². The Balaban J connectivity index is 2.18. The number of aromatic amines is 1. The average Bonchev–Trinajstić information content (AvgIpc) is 2.75. The van der Waals surface area contributed by atoms with Gasteiger partial charge in [0.1, 0.15) is 9.21 Å². The SMILES string of the molecule is O=C(Nc1ncc(Br)nc1Br)c1cn[nH]c1. The van der Waals surface area contributed by atoms with E-state index >= 15 is 0 Å². The molecular weight excluding hydrogens is 342 g/mol. The highest BCUT2D eigenvalue weighted by Gasteiger charge is 2.10. The van der Waals surface area contributed by atoms with Crippen LogP contribution in [0.25, 0.3) is 0 Å². The van der Waals surface area contributed by atoms with Gasteiger partial charge in [0.2, 0.25) is 0 Å². The van der Waals surface area contributed by atoms with E-state index in [1.165, 1.54) is 18.6 Å². The summed E-state index contributed by atoms with van der Waals surface area (Å²) in [4.78, 5) is 19.7. The summed E-state index contributed by atoms with van der Waals surface area (Å²) in [7, 11) is 0. The van der Waals surface area contributed by atoms with Crippen LogP contribution in [0.4, 0.5) is 5.82 Å². The maximum absolute atomic E-state index is 11.6. The Kier molecular flexibility index (Phi) is 3.30. The molecule has 82 valence electrons. The average molecular weight is 347 g/mol. The van der Waals surface area contributed by atoms with Gasteiger partial charge in [0.05, 0.1) is 18.0 Å². The number of carbonyl (C=O) groups excluding carboxylic acids is 1. The van der Waals surface area contributed by atoms with Crippen LogP contribution in [0, 0.1) is 0 Å². The zero-order valence-electron chi connectivity index (χ0n) is 7.74. The van der Waals surface area contributed by atoms with Crippen LogP contribution in [0.5, 0.6) is 0 Å². The molecular formula is C8H5Br2N5O. The second-order valence-corrected chi connectivity index (χ2v) is 4.34. The van der Waals surface area contributed by atoms with Gasteiger partial charge in [-0.25, -0.2) is 9.97 Å². The van der Waals surface area contributed by atoms with Gasteiger partial charge in [0.25, 0.3) is 5.91 Å². The fraction of sp³-hybridized carbons (Fsp3) is 0. The van der Waals surface area contributed by atoms with Crippen LogP contribution >= 0.6 is 31.9 Å². The van der Waals surface area contributed by atoms with Crippen LogP contribution in [-0.2, 0) is 0 Å². The van der Waals surface area contributed by atoms with Gasteiger partial charge in [-0.05, 0) is 31.9 Å². The van der Waals surface area contributed by atoms with Crippen molar-refractivity contribution < 1.29 is 4.79 Å². The first-order valence-corrected chi connectivity index (χ1v) is 5.73. The third kappa shape index (κ3) is 2.45. The van der Waals surface area contributed by atoms with Crippen molar-refractivity contribution >= 4 is 43.6 Å². The molecule has 2 N–H and O–H groups in total. The third-order valence-corrected chi connectivity index (χ3v) is 2.63. The summed E-state index contributed by atoms with van der Waals surface area (Å²) in [6, 6.07) is 0. The van der Waals surface area contributed by atoms with E-state index in [2.05, 4.69) is 57.3 Å². The van der Waals surface area contributed by atoms with Crippen LogP contribution in [0.2, 0.25) is 0 Å². The van der Waals surface area contributed by atoms with Gasteiger partial charge in [0.15, 0.2) is 5.82 Å². The van der Waals surface area contributed by atoms with E-state index in [1.54, 1.807) is 0 Å². The summed E-state index contributed by atoms with van der Waals surface area (Å²) in [5.74, 6) is 0.0560. The van der Waals surface area contributed by atoms with Crippen LogP contribution in [0.3, 0.4) is 0 Å². The highest BCUT2D eigenvalue weighted by molar-refractivity contribution is 9.11. The number of halogens is 2. The number of anilines is 1. The van der Waals surface area contributed by atoms with E-state index in [9.17, 15) is 4.79 Å². The molecule has 0 unspecified atom stereocenters. The quantitative estimate of drug-likeness (QED) is 0.870. The first-order chi connectivity index (χ1) is 7.66. The molecule has 2 heterocycles. The summed E-state index contributed by atoms with van der Waals surface area (Å²) in [5, 5.41) is 8.83. The van der Waals surface area contributed by atoms with E-state index in [-0.39, 0.29) is 5.91 Å². The highest BCUT2D eigenvalue weighted by Crippen LogP contribution is 2.19. The molecule has 0 aromatic carbocycles. The molecule has 6 nitrogen and oxygen atoms in total. The molecule has 8 heteroatoms. The smallest absolute Gasteiger partial charge is 0.260 e. The van der Waals surface area contributed by atoms with Crippen molar-refractivity contribution in [3.8, 4) is 0 Å². The fourth-order valence-electron chi connectivity index (χ4n) is 0.985. The van der Waals surface area contributed by atoms with Crippen LogP contribution in [-0.4, -0.2) is 26.1 Å². The van der Waals surface area contributed by atoms with Gasteiger partial charge < -0.3 is 5.32 Å². The lowest BCUT2D eigenvalue weighted by molar-refractivity contribution is 0.102. The monoisotopic (exact) mass is 345 g/mol. The topological polar surface area (TPSA) is 83.6 Å². The van der Waals surface area contributed by atoms with Crippen LogP contribution in [0.1, 0.15) is 10.4 Å². The molecule has 0 saturated carbocycles. The molecule has 2 rings (SSSR count). The molecule has 1 amide bonds. The molecule has 0 saturated heterocycles. The lowest BCUT2D eigenvalue weighted by Crippen LogP contribution is -2.13. The number of amides is 1. The van der Waals surface area contributed by atoms with E-state index in [1.807, 2.05) is 0 Å². The molecule has 0 atom stereocenters. The second-order valence-electron chi connectivity index (χ2n) is 2.77. The number of aromatic nitrogens is 4. The normalized spacial score (nSPS) is 10.1. The van der Waals surface area contributed by atoms with Gasteiger partial charge in [-0.3, -0.25) is 9.89 Å². The highest BCUT2D eigenvalue weighted by atomic mass is 79.9. The summed E-state index contributed by atoms with van der Waals surface area (Å²) >= 11 is 6.37. The Morgan fingerprint density at radius 3 is 2.81 bits per heavy atom. The number of hydrogen-bond donors (Lipinski definition) is 2. The molecule has 0 fully saturated rings. The van der Waals surface area contributed by atoms with E-state index in [0.29, 0.717) is 20.6 Å². The van der Waals surface area contributed by atoms with Gasteiger partial charge in [-0.15, -0.1) is 0 Å². The Labute approximate surface area is 107 Å². The van der Waals surface area contributed by atoms with Gasteiger partial charge in [0, 0.05) is 6.20 Å². The second kappa shape index (κ2) is 4.71. The van der Waals surface area contributed by atoms with Crippen molar-refractivity contribution in [3.63, 3.8) is 0 Å². The number of hydrogen-bond acceptors (Lipinski definition) is 4. The number of rotatable bonds is 2. The molecule has 2 aromatic heterocycles. The predicted molar refractivity (Wildman–Crippen MR) is 64.0 cm³/mol. The Bertz CT molecular complexity index is 513. The number of nitrogens with one attached hydrogen (secondary N) is 2. The minimum absolute atomic E-state index is 0.300. The summed E-state index contributed by atoms with van der Waals surface area (Å²) in [5.41, 5.74) is 0.427. The molecule has 0 bridgehead atoms. The van der Waals surface area contributed by atoms with Crippen molar-refractivity contribution in [1.82, 2.24) is 20.2 Å². The van der Waals surface area contributed by atoms with Crippen LogP contribution < -0.4 is 5.32 Å². The largest absolute Gasteiger partial charge is 0.304 e. The predicted octanol–water partition coefficient (Wildman–Crippen LogP) is 1.98. The maximum Gasteiger partial charge on any atom is 0.260 e. The molecule has 16 heavy (non-hydrogen) atoms. The lowest BCUT2D eigenvalue weighted by Gasteiger charge is -2.03. The van der Waals surface area contributed by atoms with Crippen molar-refractivity contribution in [2.75, 3.05) is 5.32 Å².